The number of phenols is 1. The lowest BCUT2D eigenvalue weighted by atomic mass is 9.94. The molecule has 3 heterocycles. The van der Waals surface area contributed by atoms with Crippen molar-refractivity contribution in [3.05, 3.63) is 89.5 Å². The van der Waals surface area contributed by atoms with Crippen molar-refractivity contribution in [2.75, 3.05) is 13.1 Å². The van der Waals surface area contributed by atoms with Gasteiger partial charge in [0.15, 0.2) is 5.82 Å². The summed E-state index contributed by atoms with van der Waals surface area (Å²) in [4.78, 5) is 15.1. The molecule has 6 nitrogen and oxygen atoms in total. The molecule has 3 aromatic rings. The van der Waals surface area contributed by atoms with Crippen LogP contribution in [0.2, 0.25) is 0 Å². The molecule has 1 aliphatic rings. The third-order valence-corrected chi connectivity index (χ3v) is 5.71. The molecule has 0 bridgehead atoms. The summed E-state index contributed by atoms with van der Waals surface area (Å²) in [5.74, 6) is 0.607. The van der Waals surface area contributed by atoms with E-state index in [1.807, 2.05) is 25.1 Å². The highest BCUT2D eigenvalue weighted by atomic mass is 19.1. The average Bonchev–Trinajstić information content (AvgIpc) is 3.17. The molecule has 1 aromatic carbocycles. The first-order chi connectivity index (χ1) is 15.5. The van der Waals surface area contributed by atoms with Crippen molar-refractivity contribution in [3.8, 4) is 5.75 Å². The van der Waals surface area contributed by atoms with Crippen molar-refractivity contribution < 1.29 is 14.3 Å². The van der Waals surface area contributed by atoms with Gasteiger partial charge in [-0.1, -0.05) is 12.7 Å². The maximum atomic E-state index is 13.5. The van der Waals surface area contributed by atoms with Gasteiger partial charge in [0.25, 0.3) is 0 Å². The third kappa shape index (κ3) is 4.89. The number of nitrogens with zero attached hydrogens (tertiary/aromatic N) is 3. The standard InChI is InChI=1S/C25H27FN4O2/c1-3-18(25-28-12-8-22(29-25)19-6-10-27-11-7-19)15-23-17(2)9-13-30(23)32-16-20-14-21(26)4-5-24(20)31/h3-5,8-9,12-15,19,27,31H,1,6-7,10-11,16H2,2H3/b18-15+. The number of piperidine rings is 1. The summed E-state index contributed by atoms with van der Waals surface area (Å²) >= 11 is 0. The minimum absolute atomic E-state index is 0.0118. The summed E-state index contributed by atoms with van der Waals surface area (Å²) in [6, 6.07) is 7.70. The quantitative estimate of drug-likeness (QED) is 0.544. The van der Waals surface area contributed by atoms with Crippen LogP contribution in [0.25, 0.3) is 11.6 Å². The van der Waals surface area contributed by atoms with Crippen molar-refractivity contribution in [3.63, 3.8) is 0 Å². The van der Waals surface area contributed by atoms with Gasteiger partial charge in [-0.05, 0) is 74.8 Å². The number of aromatic nitrogens is 3. The number of nitrogens with one attached hydrogen (secondary N) is 1. The molecule has 0 radical (unpaired) electrons. The lowest BCUT2D eigenvalue weighted by molar-refractivity contribution is 0.0949. The Kier molecular flexibility index (Phi) is 6.66. The monoisotopic (exact) mass is 434 g/mol. The molecule has 0 amide bonds. The maximum absolute atomic E-state index is 13.5. The predicted octanol–water partition coefficient (Wildman–Crippen LogP) is 4.25. The molecule has 32 heavy (non-hydrogen) atoms. The largest absolute Gasteiger partial charge is 0.508 e. The van der Waals surface area contributed by atoms with E-state index >= 15 is 0 Å². The van der Waals surface area contributed by atoms with Crippen LogP contribution in [0, 0.1) is 12.7 Å². The molecule has 7 heteroatoms. The van der Waals surface area contributed by atoms with Crippen LogP contribution in [0.5, 0.6) is 5.75 Å². The number of hydrogen-bond acceptors (Lipinski definition) is 5. The van der Waals surface area contributed by atoms with Gasteiger partial charge < -0.3 is 15.3 Å². The van der Waals surface area contributed by atoms with Crippen molar-refractivity contribution in [2.24, 2.45) is 0 Å². The molecule has 1 saturated heterocycles. The molecule has 0 atom stereocenters. The minimum atomic E-state index is -0.426. The fraction of sp³-hybridized carbons (Fsp3) is 0.280. The SMILES string of the molecule is C=C/C(=C\c1c(C)ccn1OCc1cc(F)ccc1O)c1nccc(C2CCNCC2)n1. The third-order valence-electron chi connectivity index (χ3n) is 5.71. The number of allylic oxidation sites excluding steroid dienone is 2. The number of aromatic hydroxyl groups is 1. The van der Waals surface area contributed by atoms with E-state index in [0.717, 1.165) is 48.5 Å². The molecule has 2 aromatic heterocycles. The summed E-state index contributed by atoms with van der Waals surface area (Å²) in [5, 5.41) is 13.3. The van der Waals surface area contributed by atoms with Gasteiger partial charge in [0.2, 0.25) is 0 Å². The molecule has 0 spiro atoms. The zero-order chi connectivity index (χ0) is 22.5. The normalized spacial score (nSPS) is 15.0. The first-order valence-corrected chi connectivity index (χ1v) is 10.7. The lowest BCUT2D eigenvalue weighted by Gasteiger charge is -2.22. The van der Waals surface area contributed by atoms with E-state index < -0.39 is 5.82 Å². The fourth-order valence-electron chi connectivity index (χ4n) is 3.84. The second-order valence-corrected chi connectivity index (χ2v) is 7.89. The number of aryl methyl sites for hydroxylation is 1. The summed E-state index contributed by atoms with van der Waals surface area (Å²) in [5.41, 5.74) is 3.98. The summed E-state index contributed by atoms with van der Waals surface area (Å²) in [7, 11) is 0. The Hall–Kier alpha value is -3.45. The summed E-state index contributed by atoms with van der Waals surface area (Å²) < 4.78 is 15.1. The Morgan fingerprint density at radius 2 is 2.12 bits per heavy atom. The molecule has 1 fully saturated rings. The van der Waals surface area contributed by atoms with Crippen LogP contribution in [0.15, 0.2) is 55.4 Å². The Bertz CT molecular complexity index is 1130. The highest BCUT2D eigenvalue weighted by molar-refractivity contribution is 5.84. The Morgan fingerprint density at radius 3 is 2.91 bits per heavy atom. The second-order valence-electron chi connectivity index (χ2n) is 7.89. The zero-order valence-electron chi connectivity index (χ0n) is 18.1. The fourth-order valence-corrected chi connectivity index (χ4v) is 3.84. The number of hydrogen-bond donors (Lipinski definition) is 2. The van der Waals surface area contributed by atoms with E-state index in [4.69, 9.17) is 9.82 Å². The van der Waals surface area contributed by atoms with Gasteiger partial charge in [0.05, 0.1) is 5.69 Å². The van der Waals surface area contributed by atoms with Crippen molar-refractivity contribution >= 4 is 11.6 Å². The zero-order valence-corrected chi connectivity index (χ0v) is 18.1. The molecular weight excluding hydrogens is 407 g/mol. The Balaban J connectivity index is 1.59. The van der Waals surface area contributed by atoms with E-state index in [-0.39, 0.29) is 12.4 Å². The molecule has 4 rings (SSSR count). The van der Waals surface area contributed by atoms with Crippen LogP contribution in [-0.4, -0.2) is 32.9 Å². The topological polar surface area (TPSA) is 72.2 Å². The van der Waals surface area contributed by atoms with Gasteiger partial charge in [-0.3, -0.25) is 0 Å². The Morgan fingerprint density at radius 1 is 1.31 bits per heavy atom. The molecular formula is C25H27FN4O2. The van der Waals surface area contributed by atoms with E-state index in [2.05, 4.69) is 16.9 Å². The van der Waals surface area contributed by atoms with Crippen molar-refractivity contribution in [1.82, 2.24) is 20.0 Å². The van der Waals surface area contributed by atoms with Gasteiger partial charge in [-0.25, -0.2) is 14.4 Å². The van der Waals surface area contributed by atoms with Crippen molar-refractivity contribution in [1.29, 1.82) is 0 Å². The van der Waals surface area contributed by atoms with E-state index in [1.165, 1.54) is 18.2 Å². The molecule has 0 saturated carbocycles. The van der Waals surface area contributed by atoms with Gasteiger partial charge >= 0.3 is 0 Å². The van der Waals surface area contributed by atoms with Crippen molar-refractivity contribution in [2.45, 2.75) is 32.3 Å². The average molecular weight is 435 g/mol. The summed E-state index contributed by atoms with van der Waals surface area (Å²) in [6.07, 6.45) is 9.36. The highest BCUT2D eigenvalue weighted by Crippen LogP contribution is 2.26. The lowest BCUT2D eigenvalue weighted by Crippen LogP contribution is -2.27. The minimum Gasteiger partial charge on any atom is -0.508 e. The van der Waals surface area contributed by atoms with Crippen LogP contribution in [0.1, 0.15) is 47.1 Å². The molecule has 0 unspecified atom stereocenters. The number of phenolic OH excluding ortho intramolecular Hbond substituents is 1. The molecule has 1 aliphatic heterocycles. The van der Waals surface area contributed by atoms with Gasteiger partial charge in [-0.2, -0.15) is 4.73 Å². The molecule has 0 aliphatic carbocycles. The first kappa shape index (κ1) is 21.8. The van der Waals surface area contributed by atoms with E-state index in [0.29, 0.717) is 17.3 Å². The predicted molar refractivity (Wildman–Crippen MR) is 122 cm³/mol. The van der Waals surface area contributed by atoms with E-state index in [1.54, 1.807) is 23.2 Å². The highest BCUT2D eigenvalue weighted by Gasteiger charge is 2.18. The van der Waals surface area contributed by atoms with Crippen LogP contribution in [0.3, 0.4) is 0 Å². The maximum Gasteiger partial charge on any atom is 0.159 e. The van der Waals surface area contributed by atoms with Crippen LogP contribution >= 0.6 is 0 Å². The Labute approximate surface area is 187 Å². The first-order valence-electron chi connectivity index (χ1n) is 10.7. The van der Waals surface area contributed by atoms with Gasteiger partial charge in [-0.15, -0.1) is 0 Å². The van der Waals surface area contributed by atoms with Crippen LogP contribution in [-0.2, 0) is 6.61 Å². The van der Waals surface area contributed by atoms with E-state index in [9.17, 15) is 9.50 Å². The number of halogens is 1. The van der Waals surface area contributed by atoms with Crippen LogP contribution in [0.4, 0.5) is 4.39 Å². The summed E-state index contributed by atoms with van der Waals surface area (Å²) in [6.45, 7) is 7.94. The number of benzene rings is 1. The number of rotatable bonds is 7. The van der Waals surface area contributed by atoms with Gasteiger partial charge in [0, 0.05) is 35.1 Å². The van der Waals surface area contributed by atoms with Gasteiger partial charge in [0.1, 0.15) is 18.2 Å². The molecule has 166 valence electrons. The second kappa shape index (κ2) is 9.78. The van der Waals surface area contributed by atoms with Crippen LogP contribution < -0.4 is 10.2 Å². The molecule has 2 N–H and O–H groups in total. The smallest absolute Gasteiger partial charge is 0.159 e.